The number of hydrogen-bond acceptors (Lipinski definition) is 4. The summed E-state index contributed by atoms with van der Waals surface area (Å²) in [6.45, 7) is 7.02. The summed E-state index contributed by atoms with van der Waals surface area (Å²) in [6, 6.07) is 6.26. The molecule has 1 fully saturated rings. The van der Waals surface area contributed by atoms with E-state index in [9.17, 15) is 4.79 Å². The molecular weight excluding hydrogens is 412 g/mol. The van der Waals surface area contributed by atoms with E-state index in [1.54, 1.807) is 0 Å². The summed E-state index contributed by atoms with van der Waals surface area (Å²) in [6.07, 6.45) is 6.33. The van der Waals surface area contributed by atoms with Crippen LogP contribution in [0.3, 0.4) is 0 Å². The van der Waals surface area contributed by atoms with Crippen LogP contribution < -0.4 is 4.74 Å². The number of rotatable bonds is 3. The van der Waals surface area contributed by atoms with Gasteiger partial charge in [0.05, 0.1) is 0 Å². The lowest BCUT2D eigenvalue weighted by Gasteiger charge is -2.33. The average molecular weight is 443 g/mol. The number of carbonyl (C=O) groups excluding carboxylic acids is 1. The largest absolute Gasteiger partial charge is 0.492 e. The highest BCUT2D eigenvalue weighted by molar-refractivity contribution is 6.30. The van der Waals surface area contributed by atoms with Crippen LogP contribution in [0.25, 0.3) is 0 Å². The Morgan fingerprint density at radius 2 is 2.06 bits per heavy atom. The molecule has 0 saturated carbocycles. The van der Waals surface area contributed by atoms with Crippen molar-refractivity contribution in [1.29, 1.82) is 0 Å². The van der Waals surface area contributed by atoms with Crippen molar-refractivity contribution in [1.82, 2.24) is 19.6 Å². The molecule has 2 aliphatic heterocycles. The van der Waals surface area contributed by atoms with Crippen LogP contribution in [0.5, 0.6) is 5.75 Å². The van der Waals surface area contributed by atoms with Gasteiger partial charge in [0.15, 0.2) is 5.69 Å². The third-order valence-corrected chi connectivity index (χ3v) is 7.25. The van der Waals surface area contributed by atoms with Gasteiger partial charge in [-0.2, -0.15) is 5.10 Å². The molecule has 1 aromatic heterocycles. The van der Waals surface area contributed by atoms with E-state index in [2.05, 4.69) is 16.5 Å². The molecule has 0 spiro atoms. The van der Waals surface area contributed by atoms with Crippen molar-refractivity contribution < 1.29 is 9.53 Å². The Balaban J connectivity index is 1.40. The van der Waals surface area contributed by atoms with E-state index < -0.39 is 0 Å². The molecule has 31 heavy (non-hydrogen) atoms. The minimum absolute atomic E-state index is 0.125. The first-order valence-electron chi connectivity index (χ1n) is 11.7. The van der Waals surface area contributed by atoms with Crippen LogP contribution in [0.4, 0.5) is 0 Å². The number of nitrogens with zero attached hydrogens (tertiary/aromatic N) is 4. The summed E-state index contributed by atoms with van der Waals surface area (Å²) in [4.78, 5) is 17.9. The number of carbonyl (C=O) groups is 1. The first-order chi connectivity index (χ1) is 15.1. The van der Waals surface area contributed by atoms with Gasteiger partial charge in [0, 0.05) is 60.6 Å². The van der Waals surface area contributed by atoms with Crippen LogP contribution in [-0.2, 0) is 25.9 Å². The van der Waals surface area contributed by atoms with Gasteiger partial charge in [-0.1, -0.05) is 11.6 Å². The van der Waals surface area contributed by atoms with Crippen LogP contribution in [0.1, 0.15) is 59.9 Å². The maximum absolute atomic E-state index is 13.3. The van der Waals surface area contributed by atoms with Gasteiger partial charge in [0.1, 0.15) is 12.4 Å². The van der Waals surface area contributed by atoms with E-state index in [0.717, 1.165) is 81.2 Å². The van der Waals surface area contributed by atoms with E-state index in [0.29, 0.717) is 18.3 Å². The lowest BCUT2D eigenvalue weighted by molar-refractivity contribution is 0.0715. The van der Waals surface area contributed by atoms with E-state index in [1.807, 2.05) is 23.1 Å². The van der Waals surface area contributed by atoms with Gasteiger partial charge in [-0.05, 0) is 63.6 Å². The van der Waals surface area contributed by atoms with Gasteiger partial charge in [0.25, 0.3) is 5.91 Å². The fourth-order valence-electron chi connectivity index (χ4n) is 5.36. The molecule has 3 aliphatic rings. The molecule has 0 bridgehead atoms. The number of piperidine rings is 1. The number of ether oxygens (including phenoxy) is 1. The van der Waals surface area contributed by atoms with Gasteiger partial charge in [0.2, 0.25) is 0 Å². The Morgan fingerprint density at radius 1 is 1.23 bits per heavy atom. The first-order valence-corrected chi connectivity index (χ1v) is 12.0. The van der Waals surface area contributed by atoms with Gasteiger partial charge < -0.3 is 9.64 Å². The smallest absolute Gasteiger partial charge is 0.274 e. The van der Waals surface area contributed by atoms with Crippen molar-refractivity contribution in [3.05, 3.63) is 45.7 Å². The van der Waals surface area contributed by atoms with Crippen molar-refractivity contribution in [3.8, 4) is 5.75 Å². The molecule has 1 aromatic carbocycles. The lowest BCUT2D eigenvalue weighted by atomic mass is 9.89. The van der Waals surface area contributed by atoms with Gasteiger partial charge in [-0.25, -0.2) is 0 Å². The normalized spacial score (nSPS) is 21.7. The molecule has 3 heterocycles. The van der Waals surface area contributed by atoms with Crippen molar-refractivity contribution in [2.45, 2.75) is 64.6 Å². The zero-order valence-electron chi connectivity index (χ0n) is 18.3. The Labute approximate surface area is 189 Å². The first kappa shape index (κ1) is 20.8. The van der Waals surface area contributed by atoms with Crippen LogP contribution >= 0.6 is 11.6 Å². The predicted octanol–water partition coefficient (Wildman–Crippen LogP) is 3.93. The molecule has 0 radical (unpaired) electrons. The van der Waals surface area contributed by atoms with E-state index in [1.165, 1.54) is 17.7 Å². The highest BCUT2D eigenvalue weighted by atomic mass is 35.5. The topological polar surface area (TPSA) is 50.6 Å². The van der Waals surface area contributed by atoms with Crippen LogP contribution in [0.15, 0.2) is 18.2 Å². The summed E-state index contributed by atoms with van der Waals surface area (Å²) in [7, 11) is 0. The second-order valence-electron chi connectivity index (χ2n) is 8.91. The molecule has 7 heteroatoms. The number of amides is 1. The molecule has 5 rings (SSSR count). The minimum atomic E-state index is 0.125. The van der Waals surface area contributed by atoms with Crippen LogP contribution in [0.2, 0.25) is 5.02 Å². The SMILES string of the molecule is CCn1nc(C(=O)N2CCCCC2)c2c1CCC(N1CCOc3ccc(Cl)cc3C1)C2. The fourth-order valence-corrected chi connectivity index (χ4v) is 5.55. The number of fused-ring (bicyclic) bond motifs is 2. The zero-order chi connectivity index (χ0) is 21.4. The van der Waals surface area contributed by atoms with Gasteiger partial charge in [-0.15, -0.1) is 0 Å². The Bertz CT molecular complexity index is 967. The van der Waals surface area contributed by atoms with Crippen LogP contribution in [-0.4, -0.2) is 57.8 Å². The quantitative estimate of drug-likeness (QED) is 0.722. The molecule has 1 saturated heterocycles. The van der Waals surface area contributed by atoms with Crippen molar-refractivity contribution in [2.24, 2.45) is 0 Å². The third kappa shape index (κ3) is 4.08. The Kier molecular flexibility index (Phi) is 5.93. The summed E-state index contributed by atoms with van der Waals surface area (Å²) in [5.41, 5.74) is 4.27. The zero-order valence-corrected chi connectivity index (χ0v) is 19.0. The standard InChI is InChI=1S/C24H31ClN4O2/c1-2-29-21-8-7-19(28-12-13-31-22-9-6-18(25)14-17(22)16-28)15-20(21)23(26-29)24(30)27-10-4-3-5-11-27/h6,9,14,19H,2-5,7-8,10-13,15-16H2,1H3. The number of benzene rings is 1. The molecule has 2 aromatic rings. The summed E-state index contributed by atoms with van der Waals surface area (Å²) in [5, 5.41) is 5.54. The number of halogens is 1. The fraction of sp³-hybridized carbons (Fsp3) is 0.583. The predicted molar refractivity (Wildman–Crippen MR) is 121 cm³/mol. The molecule has 1 aliphatic carbocycles. The van der Waals surface area contributed by atoms with Gasteiger partial charge in [-0.3, -0.25) is 14.4 Å². The van der Waals surface area contributed by atoms with E-state index >= 15 is 0 Å². The minimum Gasteiger partial charge on any atom is -0.492 e. The number of aryl methyl sites for hydroxylation is 1. The molecular formula is C24H31ClN4O2. The highest BCUT2D eigenvalue weighted by Gasteiger charge is 2.34. The number of hydrogen-bond donors (Lipinski definition) is 0. The van der Waals surface area contributed by atoms with Crippen molar-refractivity contribution in [2.75, 3.05) is 26.2 Å². The molecule has 1 amide bonds. The number of likely N-dealkylation sites (tertiary alicyclic amines) is 1. The van der Waals surface area contributed by atoms with E-state index in [4.69, 9.17) is 21.4 Å². The number of aromatic nitrogens is 2. The maximum Gasteiger partial charge on any atom is 0.274 e. The summed E-state index contributed by atoms with van der Waals surface area (Å²) >= 11 is 6.25. The summed E-state index contributed by atoms with van der Waals surface area (Å²) < 4.78 is 8.04. The highest BCUT2D eigenvalue weighted by Crippen LogP contribution is 2.32. The van der Waals surface area contributed by atoms with E-state index in [-0.39, 0.29) is 5.91 Å². The monoisotopic (exact) mass is 442 g/mol. The van der Waals surface area contributed by atoms with Gasteiger partial charge >= 0.3 is 0 Å². The second kappa shape index (κ2) is 8.83. The Hall–Kier alpha value is -2.05. The van der Waals surface area contributed by atoms with Crippen molar-refractivity contribution >= 4 is 17.5 Å². The van der Waals surface area contributed by atoms with Crippen LogP contribution in [0, 0.1) is 0 Å². The molecule has 1 atom stereocenters. The molecule has 6 nitrogen and oxygen atoms in total. The third-order valence-electron chi connectivity index (χ3n) is 7.01. The maximum atomic E-state index is 13.3. The Morgan fingerprint density at radius 3 is 2.87 bits per heavy atom. The summed E-state index contributed by atoms with van der Waals surface area (Å²) in [5.74, 6) is 1.06. The lowest BCUT2D eigenvalue weighted by Crippen LogP contribution is -2.41. The molecule has 1 unspecified atom stereocenters. The van der Waals surface area contributed by atoms with Crippen molar-refractivity contribution in [3.63, 3.8) is 0 Å². The molecule has 0 N–H and O–H groups in total. The average Bonchev–Trinajstić information content (AvgIpc) is 3.04. The molecule has 166 valence electrons. The second-order valence-corrected chi connectivity index (χ2v) is 9.35.